The second-order valence-corrected chi connectivity index (χ2v) is 6.62. The van der Waals surface area contributed by atoms with Crippen molar-refractivity contribution >= 4 is 17.9 Å². The van der Waals surface area contributed by atoms with Crippen molar-refractivity contribution in [1.82, 2.24) is 9.97 Å². The van der Waals surface area contributed by atoms with Gasteiger partial charge in [-0.25, -0.2) is 19.4 Å². The molecule has 2 aromatic rings. The summed E-state index contributed by atoms with van der Waals surface area (Å²) < 4.78 is 16.1. The largest absolute Gasteiger partial charge is 0.490 e. The summed E-state index contributed by atoms with van der Waals surface area (Å²) in [6.45, 7) is 0.395. The highest BCUT2D eigenvalue weighted by atomic mass is 16.6. The van der Waals surface area contributed by atoms with Gasteiger partial charge >= 0.3 is 17.9 Å². The van der Waals surface area contributed by atoms with Gasteiger partial charge in [-0.2, -0.15) is 0 Å². The minimum Gasteiger partial charge on any atom is -0.490 e. The van der Waals surface area contributed by atoms with Crippen molar-refractivity contribution in [3.63, 3.8) is 0 Å². The molecule has 1 saturated carbocycles. The van der Waals surface area contributed by atoms with E-state index >= 15 is 0 Å². The van der Waals surface area contributed by atoms with E-state index in [2.05, 4.69) is 9.97 Å². The maximum atomic E-state index is 12.4. The van der Waals surface area contributed by atoms with Crippen LogP contribution in [0.1, 0.15) is 46.8 Å². The van der Waals surface area contributed by atoms with Crippen LogP contribution in [0.4, 0.5) is 0 Å². The van der Waals surface area contributed by atoms with Crippen molar-refractivity contribution in [2.45, 2.75) is 31.6 Å². The number of carbonyl (C=O) groups excluding carboxylic acids is 3. The molecule has 1 fully saturated rings. The first-order chi connectivity index (χ1) is 13.6. The molecular formula is C20H18N2O6. The molecular weight excluding hydrogens is 364 g/mol. The molecule has 8 nitrogen and oxygen atoms in total. The van der Waals surface area contributed by atoms with E-state index in [-0.39, 0.29) is 17.2 Å². The molecule has 2 aliphatic rings. The second-order valence-electron chi connectivity index (χ2n) is 6.62. The third kappa shape index (κ3) is 3.95. The summed E-state index contributed by atoms with van der Waals surface area (Å²) in [6.07, 6.45) is 8.39. The van der Waals surface area contributed by atoms with E-state index in [0.717, 1.165) is 43.5 Å². The number of carbonyl (C=O) groups is 3. The van der Waals surface area contributed by atoms with Crippen LogP contribution >= 0.6 is 0 Å². The zero-order valence-corrected chi connectivity index (χ0v) is 15.0. The molecule has 0 unspecified atom stereocenters. The molecule has 0 spiro atoms. The highest BCUT2D eigenvalue weighted by Crippen LogP contribution is 2.49. The zero-order valence-electron chi connectivity index (χ0n) is 15.0. The number of hydrogen-bond donors (Lipinski definition) is 1. The topological polar surface area (TPSA) is 108 Å². The van der Waals surface area contributed by atoms with E-state index < -0.39 is 17.9 Å². The van der Waals surface area contributed by atoms with Crippen LogP contribution in [0.25, 0.3) is 0 Å². The van der Waals surface area contributed by atoms with E-state index in [1.165, 1.54) is 0 Å². The Hall–Kier alpha value is -3.42. The van der Waals surface area contributed by atoms with Crippen molar-refractivity contribution in [1.29, 1.82) is 0 Å². The minimum absolute atomic E-state index is 0.0670. The van der Waals surface area contributed by atoms with Crippen LogP contribution in [-0.4, -0.2) is 34.5 Å². The minimum atomic E-state index is -0.911. The lowest BCUT2D eigenvalue weighted by molar-refractivity contribution is -0.134. The molecule has 0 amide bonds. The Morgan fingerprint density at radius 2 is 1.89 bits per heavy atom. The number of esters is 3. The number of nitrogens with zero attached hydrogens (tertiary/aromatic N) is 1. The maximum Gasteiger partial charge on any atom is 0.346 e. The van der Waals surface area contributed by atoms with Crippen molar-refractivity contribution in [2.75, 3.05) is 6.61 Å². The standard InChI is InChI=1S/C20H18N2O6/c23-16-7-8-17(24)28-20(25)14-5-6-15(19(27-16)18(14)12-3-4-12)26-9-1-2-13-10-21-11-22-13/h5-8,10-12H,1-4,9H2,(H,21,22)/b8-7-. The molecule has 1 aromatic heterocycles. The summed E-state index contributed by atoms with van der Waals surface area (Å²) in [5.41, 5.74) is 1.79. The van der Waals surface area contributed by atoms with Gasteiger partial charge in [-0.15, -0.1) is 0 Å². The smallest absolute Gasteiger partial charge is 0.346 e. The Morgan fingerprint density at radius 3 is 2.61 bits per heavy atom. The number of ether oxygens (including phenoxy) is 3. The highest BCUT2D eigenvalue weighted by molar-refractivity contribution is 6.04. The first-order valence-corrected chi connectivity index (χ1v) is 9.05. The zero-order chi connectivity index (χ0) is 19.5. The van der Waals surface area contributed by atoms with Crippen LogP contribution in [0.15, 0.2) is 36.8 Å². The van der Waals surface area contributed by atoms with Gasteiger partial charge < -0.3 is 19.2 Å². The van der Waals surface area contributed by atoms with E-state index in [0.29, 0.717) is 17.9 Å². The van der Waals surface area contributed by atoms with Crippen LogP contribution in [0.5, 0.6) is 11.5 Å². The average molecular weight is 382 g/mol. The first kappa shape index (κ1) is 18.0. The van der Waals surface area contributed by atoms with Gasteiger partial charge in [0.2, 0.25) is 0 Å². The Morgan fingerprint density at radius 1 is 1.11 bits per heavy atom. The van der Waals surface area contributed by atoms with Gasteiger partial charge in [0.15, 0.2) is 11.5 Å². The van der Waals surface area contributed by atoms with Crippen LogP contribution < -0.4 is 9.47 Å². The number of aryl methyl sites for hydroxylation is 1. The van der Waals surface area contributed by atoms with Crippen molar-refractivity contribution in [3.8, 4) is 11.5 Å². The van der Waals surface area contributed by atoms with Crippen molar-refractivity contribution < 1.29 is 28.6 Å². The summed E-state index contributed by atoms with van der Waals surface area (Å²) >= 11 is 0. The number of benzene rings is 1. The number of fused-ring (bicyclic) bond motifs is 2. The van der Waals surface area contributed by atoms with Crippen molar-refractivity contribution in [2.24, 2.45) is 0 Å². The Kier molecular flexibility index (Phi) is 4.92. The molecule has 144 valence electrons. The SMILES string of the molecule is O=C1/C=C\C(=O)Oc2c(OCCCc3cnc[nH]3)ccc(c2C2CC2)C(=O)O1. The van der Waals surface area contributed by atoms with Gasteiger partial charge in [0.1, 0.15) is 0 Å². The lowest BCUT2D eigenvalue weighted by Crippen LogP contribution is -2.17. The van der Waals surface area contributed by atoms with Gasteiger partial charge in [-0.05, 0) is 43.7 Å². The molecule has 1 aliphatic carbocycles. The normalized spacial score (nSPS) is 17.6. The number of cyclic esters (lactones) is 2. The third-order valence-electron chi connectivity index (χ3n) is 4.52. The fourth-order valence-electron chi connectivity index (χ4n) is 3.07. The molecule has 0 saturated heterocycles. The van der Waals surface area contributed by atoms with E-state index in [1.807, 2.05) is 0 Å². The molecule has 2 heterocycles. The van der Waals surface area contributed by atoms with Gasteiger partial charge in [0.05, 0.1) is 18.5 Å². The molecule has 2 bridgehead atoms. The van der Waals surface area contributed by atoms with Gasteiger partial charge in [-0.1, -0.05) is 0 Å². The van der Waals surface area contributed by atoms with Crippen LogP contribution in [-0.2, 0) is 20.7 Å². The average Bonchev–Trinajstić information content (AvgIpc) is 3.38. The van der Waals surface area contributed by atoms with Gasteiger partial charge in [0.25, 0.3) is 0 Å². The first-order valence-electron chi connectivity index (χ1n) is 9.05. The number of aromatic amines is 1. The third-order valence-corrected chi connectivity index (χ3v) is 4.52. The van der Waals surface area contributed by atoms with Crippen LogP contribution in [0.2, 0.25) is 0 Å². The summed E-state index contributed by atoms with van der Waals surface area (Å²) in [5, 5.41) is 0. The lowest BCUT2D eigenvalue weighted by atomic mass is 10.0. The molecule has 4 rings (SSSR count). The summed E-state index contributed by atoms with van der Waals surface area (Å²) in [4.78, 5) is 43.1. The Labute approximate surface area is 160 Å². The van der Waals surface area contributed by atoms with Crippen LogP contribution in [0.3, 0.4) is 0 Å². The quantitative estimate of drug-likeness (QED) is 0.354. The fraction of sp³-hybridized carbons (Fsp3) is 0.300. The number of imidazole rings is 1. The molecule has 0 radical (unpaired) electrons. The maximum absolute atomic E-state index is 12.4. The predicted octanol–water partition coefficient (Wildman–Crippen LogP) is 2.46. The van der Waals surface area contributed by atoms with E-state index in [9.17, 15) is 14.4 Å². The number of rotatable bonds is 6. The van der Waals surface area contributed by atoms with E-state index in [4.69, 9.17) is 14.2 Å². The molecule has 1 aromatic carbocycles. The summed E-state index contributed by atoms with van der Waals surface area (Å²) in [5.74, 6) is -1.72. The predicted molar refractivity (Wildman–Crippen MR) is 96.0 cm³/mol. The lowest BCUT2D eigenvalue weighted by Gasteiger charge is -2.18. The highest BCUT2D eigenvalue weighted by Gasteiger charge is 2.35. The van der Waals surface area contributed by atoms with Crippen molar-refractivity contribution in [3.05, 3.63) is 53.6 Å². The number of nitrogens with one attached hydrogen (secondary N) is 1. The van der Waals surface area contributed by atoms with E-state index in [1.54, 1.807) is 24.7 Å². The Bertz CT molecular complexity index is 944. The number of hydrogen-bond acceptors (Lipinski definition) is 7. The molecule has 8 heteroatoms. The Balaban J connectivity index is 1.60. The van der Waals surface area contributed by atoms with Gasteiger partial charge in [0, 0.05) is 29.6 Å². The summed E-state index contributed by atoms with van der Waals surface area (Å²) in [7, 11) is 0. The molecule has 0 atom stereocenters. The number of aromatic nitrogens is 2. The fourth-order valence-corrected chi connectivity index (χ4v) is 3.07. The summed E-state index contributed by atoms with van der Waals surface area (Å²) in [6, 6.07) is 3.12. The molecule has 28 heavy (non-hydrogen) atoms. The molecule has 1 N–H and O–H groups in total. The second kappa shape index (κ2) is 7.67. The monoisotopic (exact) mass is 382 g/mol. The van der Waals surface area contributed by atoms with Crippen LogP contribution in [0, 0.1) is 0 Å². The number of H-pyrrole nitrogens is 1. The van der Waals surface area contributed by atoms with Gasteiger partial charge in [-0.3, -0.25) is 0 Å². The molecule has 1 aliphatic heterocycles.